The van der Waals surface area contributed by atoms with Crippen molar-refractivity contribution in [2.75, 3.05) is 6.54 Å². The van der Waals surface area contributed by atoms with Crippen molar-refractivity contribution in [2.24, 2.45) is 5.73 Å². The van der Waals surface area contributed by atoms with E-state index in [1.54, 1.807) is 23.0 Å². The molecule has 0 fully saturated rings. The minimum absolute atomic E-state index is 0.316. The number of halogens is 1. The van der Waals surface area contributed by atoms with Crippen molar-refractivity contribution in [3.8, 4) is 0 Å². The Morgan fingerprint density at radius 3 is 3.14 bits per heavy atom. The summed E-state index contributed by atoms with van der Waals surface area (Å²) in [5.41, 5.74) is 6.49. The van der Waals surface area contributed by atoms with Crippen LogP contribution in [-0.4, -0.2) is 20.9 Å². The number of nitrogens with zero attached hydrogens (tertiary/aromatic N) is 3. The van der Waals surface area contributed by atoms with Gasteiger partial charge in [0.05, 0.1) is 18.1 Å². The van der Waals surface area contributed by atoms with Crippen molar-refractivity contribution in [2.45, 2.75) is 12.6 Å². The standard InChI is InChI=1S/C9H11FN4/c10-7(1-2-11)8-5-13-9-6-12-3-4-14(8)9/h3-7H,1-2,11H2. The van der Waals surface area contributed by atoms with Crippen molar-refractivity contribution in [3.63, 3.8) is 0 Å². The summed E-state index contributed by atoms with van der Waals surface area (Å²) in [4.78, 5) is 7.94. The molecule has 0 bridgehead atoms. The third kappa shape index (κ3) is 1.46. The number of alkyl halides is 1. The van der Waals surface area contributed by atoms with E-state index < -0.39 is 6.17 Å². The van der Waals surface area contributed by atoms with Crippen LogP contribution in [0.15, 0.2) is 24.8 Å². The molecule has 74 valence electrons. The Bertz CT molecular complexity index is 425. The SMILES string of the molecule is NCCC(F)c1cnc2cnccn12. The van der Waals surface area contributed by atoms with Crippen LogP contribution in [-0.2, 0) is 0 Å². The van der Waals surface area contributed by atoms with E-state index in [1.807, 2.05) is 0 Å². The average Bonchev–Trinajstić information content (AvgIpc) is 2.61. The van der Waals surface area contributed by atoms with Crippen LogP contribution >= 0.6 is 0 Å². The first-order valence-corrected chi connectivity index (χ1v) is 4.44. The maximum atomic E-state index is 13.5. The van der Waals surface area contributed by atoms with Crippen LogP contribution in [0.2, 0.25) is 0 Å². The highest BCUT2D eigenvalue weighted by atomic mass is 19.1. The first-order valence-electron chi connectivity index (χ1n) is 4.44. The lowest BCUT2D eigenvalue weighted by Crippen LogP contribution is -2.05. The van der Waals surface area contributed by atoms with Gasteiger partial charge < -0.3 is 5.73 Å². The van der Waals surface area contributed by atoms with Gasteiger partial charge in [-0.25, -0.2) is 9.37 Å². The Kier molecular flexibility index (Phi) is 2.41. The van der Waals surface area contributed by atoms with E-state index in [1.165, 1.54) is 6.20 Å². The monoisotopic (exact) mass is 194 g/mol. The third-order valence-electron chi connectivity index (χ3n) is 2.09. The number of fused-ring (bicyclic) bond motifs is 1. The third-order valence-corrected chi connectivity index (χ3v) is 2.09. The minimum Gasteiger partial charge on any atom is -0.330 e. The zero-order valence-corrected chi connectivity index (χ0v) is 7.60. The molecule has 4 nitrogen and oxygen atoms in total. The molecule has 14 heavy (non-hydrogen) atoms. The van der Waals surface area contributed by atoms with Crippen LogP contribution < -0.4 is 5.73 Å². The largest absolute Gasteiger partial charge is 0.330 e. The highest BCUT2D eigenvalue weighted by Gasteiger charge is 2.13. The smallest absolute Gasteiger partial charge is 0.155 e. The van der Waals surface area contributed by atoms with Gasteiger partial charge in [0, 0.05) is 12.4 Å². The Hall–Kier alpha value is -1.49. The molecule has 2 N–H and O–H groups in total. The van der Waals surface area contributed by atoms with Crippen molar-refractivity contribution >= 4 is 5.65 Å². The first kappa shape index (κ1) is 9.08. The fourth-order valence-corrected chi connectivity index (χ4v) is 1.39. The number of hydrogen-bond donors (Lipinski definition) is 1. The van der Waals surface area contributed by atoms with Gasteiger partial charge in [0.25, 0.3) is 0 Å². The molecule has 0 aliphatic carbocycles. The molecule has 2 aromatic rings. The Morgan fingerprint density at radius 1 is 1.50 bits per heavy atom. The molecule has 5 heteroatoms. The minimum atomic E-state index is -1.06. The number of nitrogens with two attached hydrogens (primary N) is 1. The number of imidazole rings is 1. The lowest BCUT2D eigenvalue weighted by atomic mass is 10.2. The highest BCUT2D eigenvalue weighted by molar-refractivity contribution is 5.37. The second-order valence-corrected chi connectivity index (χ2v) is 3.03. The van der Waals surface area contributed by atoms with Gasteiger partial charge in [-0.3, -0.25) is 9.38 Å². The van der Waals surface area contributed by atoms with E-state index in [9.17, 15) is 4.39 Å². The quantitative estimate of drug-likeness (QED) is 0.795. The van der Waals surface area contributed by atoms with E-state index in [4.69, 9.17) is 5.73 Å². The zero-order valence-electron chi connectivity index (χ0n) is 7.60. The fourth-order valence-electron chi connectivity index (χ4n) is 1.39. The second kappa shape index (κ2) is 3.71. The summed E-state index contributed by atoms with van der Waals surface area (Å²) in [6.45, 7) is 0.333. The molecule has 2 heterocycles. The molecule has 0 saturated heterocycles. The van der Waals surface area contributed by atoms with Crippen LogP contribution in [0.25, 0.3) is 5.65 Å². The van der Waals surface area contributed by atoms with Crippen LogP contribution in [0.1, 0.15) is 18.3 Å². The van der Waals surface area contributed by atoms with Crippen LogP contribution in [0.5, 0.6) is 0 Å². The molecule has 0 aromatic carbocycles. The van der Waals surface area contributed by atoms with Gasteiger partial charge in [0.15, 0.2) is 5.65 Å². The molecule has 0 saturated carbocycles. The second-order valence-electron chi connectivity index (χ2n) is 3.03. The van der Waals surface area contributed by atoms with Crippen LogP contribution in [0.4, 0.5) is 4.39 Å². The van der Waals surface area contributed by atoms with Crippen molar-refractivity contribution in [3.05, 3.63) is 30.5 Å². The van der Waals surface area contributed by atoms with Crippen molar-refractivity contribution in [1.82, 2.24) is 14.4 Å². The molecule has 2 aromatic heterocycles. The summed E-state index contributed by atoms with van der Waals surface area (Å²) in [7, 11) is 0. The van der Waals surface area contributed by atoms with E-state index in [0.29, 0.717) is 24.3 Å². The van der Waals surface area contributed by atoms with E-state index in [-0.39, 0.29) is 0 Å². The summed E-state index contributed by atoms with van der Waals surface area (Å²) in [6, 6.07) is 0. The van der Waals surface area contributed by atoms with Gasteiger partial charge in [-0.1, -0.05) is 0 Å². The van der Waals surface area contributed by atoms with Gasteiger partial charge in [0.1, 0.15) is 6.17 Å². The lowest BCUT2D eigenvalue weighted by molar-refractivity contribution is 0.318. The van der Waals surface area contributed by atoms with Crippen molar-refractivity contribution < 1.29 is 4.39 Å². The van der Waals surface area contributed by atoms with Gasteiger partial charge in [-0.05, 0) is 13.0 Å². The normalized spacial score (nSPS) is 13.3. The van der Waals surface area contributed by atoms with Gasteiger partial charge in [-0.2, -0.15) is 0 Å². The van der Waals surface area contributed by atoms with Gasteiger partial charge in [-0.15, -0.1) is 0 Å². The van der Waals surface area contributed by atoms with Gasteiger partial charge in [0.2, 0.25) is 0 Å². The Morgan fingerprint density at radius 2 is 2.36 bits per heavy atom. The topological polar surface area (TPSA) is 56.2 Å². The summed E-state index contributed by atoms with van der Waals surface area (Å²) in [5, 5.41) is 0. The molecule has 0 radical (unpaired) electrons. The highest BCUT2D eigenvalue weighted by Crippen LogP contribution is 2.20. The molecule has 1 unspecified atom stereocenters. The lowest BCUT2D eigenvalue weighted by Gasteiger charge is -2.05. The molecule has 0 amide bonds. The molecule has 1 atom stereocenters. The average molecular weight is 194 g/mol. The predicted molar refractivity (Wildman–Crippen MR) is 50.5 cm³/mol. The summed E-state index contributed by atoms with van der Waals surface area (Å²) in [5.74, 6) is 0. The van der Waals surface area contributed by atoms with E-state index in [0.717, 1.165) is 0 Å². The molecule has 2 rings (SSSR count). The zero-order chi connectivity index (χ0) is 9.97. The predicted octanol–water partition coefficient (Wildman–Crippen LogP) is 1.09. The molecule has 0 spiro atoms. The number of aromatic nitrogens is 3. The van der Waals surface area contributed by atoms with E-state index >= 15 is 0 Å². The Labute approximate surface area is 80.6 Å². The Balaban J connectivity index is 2.42. The number of hydrogen-bond acceptors (Lipinski definition) is 3. The van der Waals surface area contributed by atoms with Crippen molar-refractivity contribution in [1.29, 1.82) is 0 Å². The molecular formula is C9H11FN4. The van der Waals surface area contributed by atoms with Gasteiger partial charge >= 0.3 is 0 Å². The van der Waals surface area contributed by atoms with Crippen LogP contribution in [0.3, 0.4) is 0 Å². The maximum Gasteiger partial charge on any atom is 0.155 e. The number of rotatable bonds is 3. The summed E-state index contributed by atoms with van der Waals surface area (Å²) < 4.78 is 15.2. The molecule has 0 aliphatic rings. The molecular weight excluding hydrogens is 183 g/mol. The summed E-state index contributed by atoms with van der Waals surface area (Å²) >= 11 is 0. The molecule has 0 aliphatic heterocycles. The summed E-state index contributed by atoms with van der Waals surface area (Å²) in [6.07, 6.45) is 5.68. The fraction of sp³-hybridized carbons (Fsp3) is 0.333. The van der Waals surface area contributed by atoms with Crippen LogP contribution in [0, 0.1) is 0 Å². The first-order chi connectivity index (χ1) is 6.83. The maximum absolute atomic E-state index is 13.5. The van der Waals surface area contributed by atoms with E-state index in [2.05, 4.69) is 9.97 Å².